The van der Waals surface area contributed by atoms with Crippen molar-refractivity contribution >= 4 is 23.8 Å². The van der Waals surface area contributed by atoms with Gasteiger partial charge < -0.3 is 20.1 Å². The normalized spacial score (nSPS) is 9.73. The third kappa shape index (κ3) is 7.85. The van der Waals surface area contributed by atoms with Gasteiger partial charge in [-0.25, -0.2) is 4.79 Å². The summed E-state index contributed by atoms with van der Waals surface area (Å²) in [6, 6.07) is 14.8. The number of hydrogen-bond donors (Lipinski definition) is 3. The average molecular weight is 411 g/mol. The fourth-order valence-corrected chi connectivity index (χ4v) is 2.12. The van der Waals surface area contributed by atoms with Crippen LogP contribution in [0.15, 0.2) is 67.3 Å². The zero-order valence-corrected chi connectivity index (χ0v) is 16.1. The molecule has 0 radical (unpaired) electrons. The summed E-state index contributed by atoms with van der Waals surface area (Å²) in [6.45, 7) is 2.51. The van der Waals surface area contributed by atoms with E-state index in [4.69, 9.17) is 9.47 Å². The van der Waals surface area contributed by atoms with Crippen molar-refractivity contribution in [3.8, 4) is 11.5 Å². The Morgan fingerprint density at radius 1 is 0.900 bits per heavy atom. The van der Waals surface area contributed by atoms with Crippen molar-refractivity contribution in [3.05, 3.63) is 72.8 Å². The van der Waals surface area contributed by atoms with Gasteiger partial charge in [0.25, 0.3) is 11.8 Å². The number of ether oxygens (including phenoxy) is 2. The van der Waals surface area contributed by atoms with Gasteiger partial charge in [0.05, 0.1) is 0 Å². The number of amides is 4. The number of urea groups is 1. The molecule has 9 nitrogen and oxygen atoms in total. The Kier molecular flexibility index (Phi) is 8.60. The molecule has 0 saturated heterocycles. The number of benzene rings is 2. The van der Waals surface area contributed by atoms with Crippen LogP contribution < -0.4 is 20.7 Å². The number of rotatable bonds is 9. The van der Waals surface area contributed by atoms with Gasteiger partial charge in [-0.1, -0.05) is 24.3 Å². The van der Waals surface area contributed by atoms with Gasteiger partial charge in [0.2, 0.25) is 0 Å². The van der Waals surface area contributed by atoms with Crippen LogP contribution in [0.1, 0.15) is 10.4 Å². The van der Waals surface area contributed by atoms with Crippen LogP contribution >= 0.6 is 0 Å². The number of esters is 1. The number of nitrogens with one attached hydrogen (secondary N) is 3. The molecule has 0 aliphatic carbocycles. The Bertz CT molecular complexity index is 897. The van der Waals surface area contributed by atoms with E-state index in [0.717, 1.165) is 0 Å². The first-order valence-corrected chi connectivity index (χ1v) is 8.93. The van der Waals surface area contributed by atoms with Gasteiger partial charge in [-0.3, -0.25) is 19.7 Å². The fraction of sp³-hybridized carbons (Fsp3) is 0.143. The van der Waals surface area contributed by atoms with Crippen molar-refractivity contribution in [1.82, 2.24) is 16.0 Å². The first kappa shape index (κ1) is 22.2. The van der Waals surface area contributed by atoms with E-state index in [1.807, 2.05) is 23.5 Å². The van der Waals surface area contributed by atoms with Crippen LogP contribution in [0.25, 0.3) is 0 Å². The SMILES string of the molecule is C=CCNC(=O)NC(=O)COC(=O)CNC(=O)c1ccc(Oc2ccccc2)cc1. The van der Waals surface area contributed by atoms with Crippen LogP contribution in [-0.2, 0) is 14.3 Å². The van der Waals surface area contributed by atoms with Crippen molar-refractivity contribution in [2.24, 2.45) is 0 Å². The van der Waals surface area contributed by atoms with Crippen LogP contribution in [0.4, 0.5) is 4.79 Å². The zero-order chi connectivity index (χ0) is 21.8. The van der Waals surface area contributed by atoms with E-state index in [-0.39, 0.29) is 6.54 Å². The lowest BCUT2D eigenvalue weighted by Gasteiger charge is -2.08. The number of carbonyl (C=O) groups excluding carboxylic acids is 4. The quantitative estimate of drug-likeness (QED) is 0.427. The van der Waals surface area contributed by atoms with E-state index < -0.39 is 37.0 Å². The summed E-state index contributed by atoms with van der Waals surface area (Å²) < 4.78 is 10.3. The molecule has 0 spiro atoms. The highest BCUT2D eigenvalue weighted by Crippen LogP contribution is 2.21. The lowest BCUT2D eigenvalue weighted by atomic mass is 10.2. The monoisotopic (exact) mass is 411 g/mol. The zero-order valence-electron chi connectivity index (χ0n) is 16.1. The van der Waals surface area contributed by atoms with Gasteiger partial charge in [-0.05, 0) is 36.4 Å². The van der Waals surface area contributed by atoms with Crippen LogP contribution in [0, 0.1) is 0 Å². The van der Waals surface area contributed by atoms with Gasteiger partial charge in [-0.2, -0.15) is 0 Å². The molecular formula is C21H21N3O6. The van der Waals surface area contributed by atoms with Gasteiger partial charge in [0.1, 0.15) is 18.0 Å². The maximum Gasteiger partial charge on any atom is 0.325 e. The standard InChI is InChI=1S/C21H21N3O6/c1-2-12-22-21(28)24-18(25)14-29-19(26)13-23-20(27)15-8-10-17(11-9-15)30-16-6-4-3-5-7-16/h2-11H,1,12-14H2,(H,23,27)(H2,22,24,25,28). The van der Waals surface area contributed by atoms with Crippen molar-refractivity contribution in [2.75, 3.05) is 19.7 Å². The summed E-state index contributed by atoms with van der Waals surface area (Å²) in [4.78, 5) is 46.5. The molecule has 9 heteroatoms. The smallest absolute Gasteiger partial charge is 0.325 e. The lowest BCUT2D eigenvalue weighted by molar-refractivity contribution is -0.147. The third-order valence-electron chi connectivity index (χ3n) is 3.51. The van der Waals surface area contributed by atoms with Crippen LogP contribution in [-0.4, -0.2) is 43.5 Å². The van der Waals surface area contributed by atoms with E-state index in [9.17, 15) is 19.2 Å². The summed E-state index contributed by atoms with van der Waals surface area (Å²) in [5, 5.41) is 6.69. The van der Waals surface area contributed by atoms with Crippen molar-refractivity contribution in [1.29, 1.82) is 0 Å². The molecule has 30 heavy (non-hydrogen) atoms. The molecule has 0 fully saturated rings. The minimum absolute atomic E-state index is 0.185. The summed E-state index contributed by atoms with van der Waals surface area (Å²) >= 11 is 0. The number of hydrogen-bond acceptors (Lipinski definition) is 6. The number of imide groups is 1. The molecule has 156 valence electrons. The Hall–Kier alpha value is -4.14. The van der Waals surface area contributed by atoms with E-state index >= 15 is 0 Å². The molecule has 0 heterocycles. The molecule has 2 aromatic rings. The van der Waals surface area contributed by atoms with Crippen molar-refractivity contribution in [2.45, 2.75) is 0 Å². The minimum Gasteiger partial charge on any atom is -0.457 e. The van der Waals surface area contributed by atoms with Crippen LogP contribution in [0.2, 0.25) is 0 Å². The molecule has 0 aliphatic heterocycles. The van der Waals surface area contributed by atoms with Gasteiger partial charge >= 0.3 is 12.0 Å². The predicted molar refractivity (Wildman–Crippen MR) is 108 cm³/mol. The number of carbonyl (C=O) groups is 4. The molecule has 0 aliphatic rings. The maximum absolute atomic E-state index is 12.1. The van der Waals surface area contributed by atoms with E-state index in [2.05, 4.69) is 17.2 Å². The molecule has 0 bridgehead atoms. The summed E-state index contributed by atoms with van der Waals surface area (Å²) in [7, 11) is 0. The van der Waals surface area contributed by atoms with Crippen LogP contribution in [0.5, 0.6) is 11.5 Å². The lowest BCUT2D eigenvalue weighted by Crippen LogP contribution is -2.42. The first-order chi connectivity index (χ1) is 14.5. The summed E-state index contributed by atoms with van der Waals surface area (Å²) in [5.41, 5.74) is 0.319. The molecule has 3 N–H and O–H groups in total. The van der Waals surface area contributed by atoms with Crippen molar-refractivity contribution in [3.63, 3.8) is 0 Å². The Balaban J connectivity index is 1.71. The highest BCUT2D eigenvalue weighted by atomic mass is 16.5. The molecule has 4 amide bonds. The summed E-state index contributed by atoms with van der Waals surface area (Å²) in [6.07, 6.45) is 1.44. The van der Waals surface area contributed by atoms with Gasteiger partial charge in [0.15, 0.2) is 6.61 Å². The molecule has 0 aromatic heterocycles. The van der Waals surface area contributed by atoms with Gasteiger partial charge in [-0.15, -0.1) is 6.58 Å². The molecule has 2 aromatic carbocycles. The highest BCUT2D eigenvalue weighted by Gasteiger charge is 2.12. The molecule has 0 saturated carbocycles. The molecule has 2 rings (SSSR count). The van der Waals surface area contributed by atoms with E-state index in [1.54, 1.807) is 36.4 Å². The number of para-hydroxylation sites is 1. The highest BCUT2D eigenvalue weighted by molar-refractivity contribution is 5.97. The fourth-order valence-electron chi connectivity index (χ4n) is 2.12. The minimum atomic E-state index is -0.825. The topological polar surface area (TPSA) is 123 Å². The van der Waals surface area contributed by atoms with E-state index in [0.29, 0.717) is 17.1 Å². The molecule has 0 atom stereocenters. The molecular weight excluding hydrogens is 390 g/mol. The van der Waals surface area contributed by atoms with E-state index in [1.165, 1.54) is 6.08 Å². The second-order valence-electron chi connectivity index (χ2n) is 5.83. The third-order valence-corrected chi connectivity index (χ3v) is 3.51. The predicted octanol–water partition coefficient (Wildman–Crippen LogP) is 1.76. The van der Waals surface area contributed by atoms with Gasteiger partial charge in [0, 0.05) is 12.1 Å². The second kappa shape index (κ2) is 11.6. The van der Waals surface area contributed by atoms with Crippen LogP contribution in [0.3, 0.4) is 0 Å². The molecule has 0 unspecified atom stereocenters. The average Bonchev–Trinajstić information content (AvgIpc) is 2.75. The first-order valence-electron chi connectivity index (χ1n) is 8.93. The summed E-state index contributed by atoms with van der Waals surface area (Å²) in [5.74, 6) is -0.897. The Morgan fingerprint density at radius 2 is 1.57 bits per heavy atom. The largest absolute Gasteiger partial charge is 0.457 e. The second-order valence-corrected chi connectivity index (χ2v) is 5.83. The maximum atomic E-state index is 12.1. The Labute approximate surface area is 173 Å². The van der Waals surface area contributed by atoms with Crippen molar-refractivity contribution < 1.29 is 28.7 Å². The Morgan fingerprint density at radius 3 is 2.23 bits per heavy atom.